The number of aryl methyl sites for hydroxylation is 2. The summed E-state index contributed by atoms with van der Waals surface area (Å²) in [6, 6.07) is 4.32. The Hall–Kier alpha value is -2.10. The Morgan fingerprint density at radius 2 is 1.86 bits per heavy atom. The number of Topliss-reactive ketones (excluding diaryl/α,β-unsaturated/α-hetero) is 1. The Balaban J connectivity index is 2.13. The van der Waals surface area contributed by atoms with Crippen LogP contribution in [0, 0.1) is 11.6 Å². The van der Waals surface area contributed by atoms with Crippen LogP contribution in [-0.4, -0.2) is 10.8 Å². The fourth-order valence-corrected chi connectivity index (χ4v) is 2.83. The molecule has 0 saturated heterocycles. The molecule has 0 N–H and O–H groups in total. The molecular weight excluding hydrogens is 272 g/mol. The molecule has 0 spiro atoms. The highest BCUT2D eigenvalue weighted by molar-refractivity contribution is 5.95. The Morgan fingerprint density at radius 3 is 2.57 bits per heavy atom. The van der Waals surface area contributed by atoms with Crippen molar-refractivity contribution in [3.05, 3.63) is 52.7 Å². The van der Waals surface area contributed by atoms with Crippen molar-refractivity contribution < 1.29 is 13.6 Å². The van der Waals surface area contributed by atoms with Gasteiger partial charge in [0.15, 0.2) is 5.78 Å². The predicted octanol–water partition coefficient (Wildman–Crippen LogP) is 4.11. The van der Waals surface area contributed by atoms with Gasteiger partial charge in [-0.1, -0.05) is 0 Å². The second-order valence-electron chi connectivity index (χ2n) is 5.39. The molecule has 0 bridgehead atoms. The van der Waals surface area contributed by atoms with Gasteiger partial charge in [-0.2, -0.15) is 0 Å². The Labute approximate surface area is 121 Å². The van der Waals surface area contributed by atoms with E-state index in [1.165, 1.54) is 17.2 Å². The van der Waals surface area contributed by atoms with E-state index < -0.39 is 23.0 Å². The average Bonchev–Trinajstić information content (AvgIpc) is 2.46. The van der Waals surface area contributed by atoms with Gasteiger partial charge >= 0.3 is 0 Å². The number of nitrogens with zero attached hydrogens (tertiary/aromatic N) is 1. The average molecular weight is 287 g/mol. The molecule has 0 aliphatic heterocycles. The van der Waals surface area contributed by atoms with Crippen LogP contribution in [0.5, 0.6) is 0 Å². The molecule has 2 aromatic rings. The molecule has 0 unspecified atom stereocenters. The first-order valence-electron chi connectivity index (χ1n) is 7.05. The summed E-state index contributed by atoms with van der Waals surface area (Å²) in [5.41, 5.74) is 2.50. The quantitative estimate of drug-likeness (QED) is 0.778. The number of benzene rings is 1. The van der Waals surface area contributed by atoms with Gasteiger partial charge in [0.1, 0.15) is 11.6 Å². The third-order valence-electron chi connectivity index (χ3n) is 3.94. The zero-order valence-corrected chi connectivity index (χ0v) is 11.7. The SMILES string of the molecule is CC(=O)c1c(F)ccc(-c2cc3c(cn2)CCCC3)c1F. The van der Waals surface area contributed by atoms with E-state index in [0.29, 0.717) is 5.69 Å². The highest BCUT2D eigenvalue weighted by Gasteiger charge is 2.20. The van der Waals surface area contributed by atoms with Gasteiger partial charge in [0.05, 0.1) is 11.3 Å². The van der Waals surface area contributed by atoms with Crippen molar-refractivity contribution in [2.45, 2.75) is 32.6 Å². The maximum atomic E-state index is 14.4. The fourth-order valence-electron chi connectivity index (χ4n) is 2.83. The molecule has 0 saturated carbocycles. The number of carbonyl (C=O) groups is 1. The van der Waals surface area contributed by atoms with Crippen LogP contribution in [-0.2, 0) is 12.8 Å². The molecule has 4 heteroatoms. The molecule has 1 heterocycles. The third-order valence-corrected chi connectivity index (χ3v) is 3.94. The van der Waals surface area contributed by atoms with Crippen molar-refractivity contribution >= 4 is 5.78 Å². The maximum Gasteiger partial charge on any atom is 0.165 e. The van der Waals surface area contributed by atoms with Gasteiger partial charge in [-0.3, -0.25) is 9.78 Å². The van der Waals surface area contributed by atoms with E-state index in [1.807, 2.05) is 6.07 Å². The summed E-state index contributed by atoms with van der Waals surface area (Å²) in [7, 11) is 0. The third kappa shape index (κ3) is 2.46. The summed E-state index contributed by atoms with van der Waals surface area (Å²) in [6.45, 7) is 1.16. The van der Waals surface area contributed by atoms with Gasteiger partial charge in [0.2, 0.25) is 0 Å². The van der Waals surface area contributed by atoms with Crippen LogP contribution in [0.1, 0.15) is 41.3 Å². The lowest BCUT2D eigenvalue weighted by atomic mass is 9.92. The zero-order chi connectivity index (χ0) is 15.0. The summed E-state index contributed by atoms with van der Waals surface area (Å²) in [4.78, 5) is 15.7. The summed E-state index contributed by atoms with van der Waals surface area (Å²) in [6.07, 6.45) is 5.97. The number of carbonyl (C=O) groups excluding carboxylic acids is 1. The lowest BCUT2D eigenvalue weighted by Gasteiger charge is -2.16. The van der Waals surface area contributed by atoms with Crippen LogP contribution in [0.25, 0.3) is 11.3 Å². The van der Waals surface area contributed by atoms with Gasteiger partial charge < -0.3 is 0 Å². The fraction of sp³-hybridized carbons (Fsp3) is 0.294. The number of rotatable bonds is 2. The van der Waals surface area contributed by atoms with Crippen molar-refractivity contribution in [3.8, 4) is 11.3 Å². The molecule has 1 aliphatic carbocycles. The van der Waals surface area contributed by atoms with Crippen LogP contribution >= 0.6 is 0 Å². The summed E-state index contributed by atoms with van der Waals surface area (Å²) in [5.74, 6) is -2.28. The first-order chi connectivity index (χ1) is 10.1. The van der Waals surface area contributed by atoms with Gasteiger partial charge in [0, 0.05) is 11.8 Å². The molecule has 0 fully saturated rings. The van der Waals surface area contributed by atoms with Crippen molar-refractivity contribution in [3.63, 3.8) is 0 Å². The van der Waals surface area contributed by atoms with Crippen LogP contribution in [0.2, 0.25) is 0 Å². The molecule has 0 radical (unpaired) electrons. The molecule has 1 aliphatic rings. The Bertz CT molecular complexity index is 725. The summed E-state index contributed by atoms with van der Waals surface area (Å²) < 4.78 is 28.0. The number of halogens is 2. The van der Waals surface area contributed by atoms with Crippen LogP contribution < -0.4 is 0 Å². The number of hydrogen-bond donors (Lipinski definition) is 0. The maximum absolute atomic E-state index is 14.4. The molecular formula is C17H15F2NO. The van der Waals surface area contributed by atoms with E-state index in [9.17, 15) is 13.6 Å². The summed E-state index contributed by atoms with van der Waals surface area (Å²) in [5, 5.41) is 0. The molecule has 3 rings (SSSR count). The van der Waals surface area contributed by atoms with Gasteiger partial charge in [-0.15, -0.1) is 0 Å². The Morgan fingerprint density at radius 1 is 1.14 bits per heavy atom. The highest BCUT2D eigenvalue weighted by Crippen LogP contribution is 2.29. The van der Waals surface area contributed by atoms with Crippen LogP contribution in [0.4, 0.5) is 8.78 Å². The molecule has 0 atom stereocenters. The second kappa shape index (κ2) is 5.35. The highest BCUT2D eigenvalue weighted by atomic mass is 19.1. The van der Waals surface area contributed by atoms with E-state index in [4.69, 9.17) is 0 Å². The number of ketones is 1. The lowest BCUT2D eigenvalue weighted by molar-refractivity contribution is 0.101. The van der Waals surface area contributed by atoms with E-state index in [1.54, 1.807) is 6.20 Å². The molecule has 1 aromatic heterocycles. The number of aromatic nitrogens is 1. The predicted molar refractivity (Wildman–Crippen MR) is 76.2 cm³/mol. The van der Waals surface area contributed by atoms with Crippen LogP contribution in [0.15, 0.2) is 24.4 Å². The van der Waals surface area contributed by atoms with E-state index >= 15 is 0 Å². The van der Waals surface area contributed by atoms with Gasteiger partial charge in [0.25, 0.3) is 0 Å². The monoisotopic (exact) mass is 287 g/mol. The first-order valence-corrected chi connectivity index (χ1v) is 7.05. The standard InChI is InChI=1S/C17H15F2NO/c1-10(21)16-14(18)7-6-13(17(16)19)15-8-11-4-2-3-5-12(11)9-20-15/h6-9H,2-5H2,1H3. The second-order valence-corrected chi connectivity index (χ2v) is 5.39. The number of fused-ring (bicyclic) bond motifs is 1. The van der Waals surface area contributed by atoms with Gasteiger partial charge in [-0.25, -0.2) is 8.78 Å². The smallest absolute Gasteiger partial charge is 0.165 e. The normalized spacial score (nSPS) is 13.9. The Kier molecular flexibility index (Phi) is 3.53. The van der Waals surface area contributed by atoms with E-state index in [-0.39, 0.29) is 5.56 Å². The van der Waals surface area contributed by atoms with E-state index in [2.05, 4.69) is 4.98 Å². The molecule has 21 heavy (non-hydrogen) atoms. The minimum atomic E-state index is -0.832. The largest absolute Gasteiger partial charge is 0.294 e. The zero-order valence-electron chi connectivity index (χ0n) is 11.7. The molecule has 1 aromatic carbocycles. The molecule has 0 amide bonds. The van der Waals surface area contributed by atoms with Crippen LogP contribution in [0.3, 0.4) is 0 Å². The molecule has 2 nitrogen and oxygen atoms in total. The van der Waals surface area contributed by atoms with Crippen molar-refractivity contribution in [2.75, 3.05) is 0 Å². The van der Waals surface area contributed by atoms with Crippen molar-refractivity contribution in [1.82, 2.24) is 4.98 Å². The summed E-state index contributed by atoms with van der Waals surface area (Å²) >= 11 is 0. The minimum absolute atomic E-state index is 0.176. The number of hydrogen-bond acceptors (Lipinski definition) is 2. The van der Waals surface area contributed by atoms with Crippen molar-refractivity contribution in [2.24, 2.45) is 0 Å². The van der Waals surface area contributed by atoms with Crippen molar-refractivity contribution in [1.29, 1.82) is 0 Å². The van der Waals surface area contributed by atoms with E-state index in [0.717, 1.165) is 38.7 Å². The van der Waals surface area contributed by atoms with Gasteiger partial charge in [-0.05, 0) is 61.9 Å². The number of pyridine rings is 1. The molecule has 108 valence electrons. The lowest BCUT2D eigenvalue weighted by Crippen LogP contribution is -2.06. The first kappa shape index (κ1) is 13.9. The topological polar surface area (TPSA) is 30.0 Å². The minimum Gasteiger partial charge on any atom is -0.294 e.